The number of hydrogen-bond donors (Lipinski definition) is 2. The number of rotatable bonds is 6. The third kappa shape index (κ3) is 3.63. The highest BCUT2D eigenvalue weighted by atomic mass is 16.5. The number of aromatic hydroxyl groups is 1. The summed E-state index contributed by atoms with van der Waals surface area (Å²) in [5.41, 5.74) is 6.36. The Hall–Kier alpha value is -1.75. The Balaban J connectivity index is 2.82. The molecule has 5 nitrogen and oxygen atoms in total. The highest BCUT2D eigenvalue weighted by Gasteiger charge is 2.18. The molecule has 0 aliphatic heterocycles. The lowest BCUT2D eigenvalue weighted by Gasteiger charge is -2.15. The molecule has 1 unspecified atom stereocenters. The van der Waals surface area contributed by atoms with E-state index in [2.05, 4.69) is 0 Å². The number of para-hydroxylation sites is 1. The largest absolute Gasteiger partial charge is 0.504 e. The smallest absolute Gasteiger partial charge is 0.307 e. The molecule has 1 rings (SSSR count). The first-order chi connectivity index (χ1) is 8.60. The van der Waals surface area contributed by atoms with E-state index in [1.54, 1.807) is 25.1 Å². The first-order valence-electron chi connectivity index (χ1n) is 5.96. The Kier molecular flexibility index (Phi) is 5.45. The Morgan fingerprint density at radius 1 is 1.39 bits per heavy atom. The molecule has 5 heteroatoms. The number of carbonyl (C=O) groups excluding carboxylic acids is 1. The van der Waals surface area contributed by atoms with Crippen LogP contribution in [0.3, 0.4) is 0 Å². The first kappa shape index (κ1) is 14.3. The number of phenolic OH excluding ortho intramolecular Hbond substituents is 1. The molecule has 0 saturated heterocycles. The molecule has 0 bridgehead atoms. The van der Waals surface area contributed by atoms with E-state index in [-0.39, 0.29) is 18.1 Å². The van der Waals surface area contributed by atoms with E-state index in [0.29, 0.717) is 24.5 Å². The van der Waals surface area contributed by atoms with Crippen LogP contribution >= 0.6 is 0 Å². The zero-order valence-corrected chi connectivity index (χ0v) is 10.7. The number of esters is 1. The van der Waals surface area contributed by atoms with E-state index in [1.807, 2.05) is 6.92 Å². The molecule has 1 aromatic rings. The van der Waals surface area contributed by atoms with Crippen LogP contribution in [0.1, 0.15) is 31.9 Å². The van der Waals surface area contributed by atoms with E-state index < -0.39 is 6.04 Å². The lowest BCUT2D eigenvalue weighted by molar-refractivity contribution is -0.143. The van der Waals surface area contributed by atoms with Crippen LogP contribution < -0.4 is 10.5 Å². The summed E-state index contributed by atoms with van der Waals surface area (Å²) in [4.78, 5) is 11.3. The van der Waals surface area contributed by atoms with Crippen LogP contribution in [-0.2, 0) is 9.53 Å². The minimum Gasteiger partial charge on any atom is -0.504 e. The number of phenols is 1. The summed E-state index contributed by atoms with van der Waals surface area (Å²) in [6.07, 6.45) is 0.0248. The topological polar surface area (TPSA) is 81.8 Å². The minimum atomic E-state index is -0.607. The lowest BCUT2D eigenvalue weighted by Crippen LogP contribution is -2.17. The maximum absolute atomic E-state index is 11.3. The van der Waals surface area contributed by atoms with Crippen molar-refractivity contribution in [3.8, 4) is 11.5 Å². The van der Waals surface area contributed by atoms with Crippen molar-refractivity contribution in [2.75, 3.05) is 13.2 Å². The highest BCUT2D eigenvalue weighted by molar-refractivity contribution is 5.70. The van der Waals surface area contributed by atoms with E-state index in [9.17, 15) is 9.90 Å². The zero-order valence-electron chi connectivity index (χ0n) is 10.7. The maximum Gasteiger partial charge on any atom is 0.307 e. The lowest BCUT2D eigenvalue weighted by atomic mass is 10.0. The number of benzene rings is 1. The summed E-state index contributed by atoms with van der Waals surface area (Å²) in [6.45, 7) is 4.32. The van der Waals surface area contributed by atoms with Gasteiger partial charge >= 0.3 is 5.97 Å². The van der Waals surface area contributed by atoms with Crippen molar-refractivity contribution in [3.63, 3.8) is 0 Å². The average Bonchev–Trinajstić information content (AvgIpc) is 2.32. The van der Waals surface area contributed by atoms with Crippen molar-refractivity contribution < 1.29 is 19.4 Å². The van der Waals surface area contributed by atoms with Gasteiger partial charge in [0.1, 0.15) is 0 Å². The van der Waals surface area contributed by atoms with Crippen LogP contribution in [0.4, 0.5) is 0 Å². The predicted octanol–water partition coefficient (Wildman–Crippen LogP) is 1.74. The fourth-order valence-corrected chi connectivity index (χ4v) is 1.62. The van der Waals surface area contributed by atoms with E-state index >= 15 is 0 Å². The van der Waals surface area contributed by atoms with Gasteiger partial charge in [-0.3, -0.25) is 4.79 Å². The van der Waals surface area contributed by atoms with Gasteiger partial charge in [-0.05, 0) is 19.9 Å². The van der Waals surface area contributed by atoms with Crippen molar-refractivity contribution in [1.29, 1.82) is 0 Å². The third-order valence-corrected chi connectivity index (χ3v) is 2.42. The summed E-state index contributed by atoms with van der Waals surface area (Å²) >= 11 is 0. The van der Waals surface area contributed by atoms with Crippen molar-refractivity contribution in [2.45, 2.75) is 26.3 Å². The van der Waals surface area contributed by atoms with Gasteiger partial charge in [-0.1, -0.05) is 12.1 Å². The van der Waals surface area contributed by atoms with E-state index in [4.69, 9.17) is 15.2 Å². The number of carbonyl (C=O) groups is 1. The Morgan fingerprint density at radius 2 is 2.11 bits per heavy atom. The van der Waals surface area contributed by atoms with E-state index in [1.165, 1.54) is 0 Å². The molecule has 1 atom stereocenters. The Bertz CT molecular complexity index is 406. The SMILES string of the molecule is CCOC(=O)CC(N)c1cccc(OCC)c1O. The van der Waals surface area contributed by atoms with E-state index in [0.717, 1.165) is 0 Å². The molecule has 18 heavy (non-hydrogen) atoms. The third-order valence-electron chi connectivity index (χ3n) is 2.42. The second kappa shape index (κ2) is 6.86. The molecule has 0 heterocycles. The fourth-order valence-electron chi connectivity index (χ4n) is 1.62. The molecule has 0 aliphatic carbocycles. The van der Waals surface area contributed by atoms with Gasteiger partial charge in [0.25, 0.3) is 0 Å². The second-order valence-corrected chi connectivity index (χ2v) is 3.74. The number of ether oxygens (including phenoxy) is 2. The molecular formula is C13H19NO4. The summed E-state index contributed by atoms with van der Waals surface area (Å²) in [5, 5.41) is 9.98. The number of nitrogens with two attached hydrogens (primary N) is 1. The summed E-state index contributed by atoms with van der Waals surface area (Å²) in [5.74, 6) is -0.0309. The van der Waals surface area contributed by atoms with Gasteiger partial charge in [0.2, 0.25) is 0 Å². The molecule has 0 radical (unpaired) electrons. The molecule has 0 saturated carbocycles. The average molecular weight is 253 g/mol. The Labute approximate surface area is 107 Å². The van der Waals surface area contributed by atoms with Crippen LogP contribution in [0.2, 0.25) is 0 Å². The van der Waals surface area contributed by atoms with Crippen molar-refractivity contribution in [1.82, 2.24) is 0 Å². The van der Waals surface area contributed by atoms with Crippen LogP contribution in [0.25, 0.3) is 0 Å². The first-order valence-corrected chi connectivity index (χ1v) is 5.96. The van der Waals surface area contributed by atoms with Crippen molar-refractivity contribution in [3.05, 3.63) is 23.8 Å². The summed E-state index contributed by atoms with van der Waals surface area (Å²) in [6, 6.07) is 4.44. The van der Waals surface area contributed by atoms with Gasteiger partial charge < -0.3 is 20.3 Å². The van der Waals surface area contributed by atoms with Crippen LogP contribution in [0.15, 0.2) is 18.2 Å². The normalized spacial score (nSPS) is 11.9. The molecule has 0 aromatic heterocycles. The standard InChI is InChI=1S/C13H19NO4/c1-3-17-11-7-5-6-9(13(11)16)10(14)8-12(15)18-4-2/h5-7,10,16H,3-4,8,14H2,1-2H3. The van der Waals surface area contributed by atoms with Gasteiger partial charge in [-0.2, -0.15) is 0 Å². The summed E-state index contributed by atoms with van der Waals surface area (Å²) in [7, 11) is 0. The quantitative estimate of drug-likeness (QED) is 0.755. The molecule has 100 valence electrons. The summed E-state index contributed by atoms with van der Waals surface area (Å²) < 4.78 is 10.1. The fraction of sp³-hybridized carbons (Fsp3) is 0.462. The predicted molar refractivity (Wildman–Crippen MR) is 67.5 cm³/mol. The second-order valence-electron chi connectivity index (χ2n) is 3.74. The van der Waals surface area contributed by atoms with Gasteiger partial charge in [0.15, 0.2) is 11.5 Å². The molecule has 0 aliphatic rings. The Morgan fingerprint density at radius 3 is 2.72 bits per heavy atom. The molecule has 3 N–H and O–H groups in total. The van der Waals surface area contributed by atoms with Gasteiger partial charge in [0.05, 0.1) is 19.6 Å². The molecule has 1 aromatic carbocycles. The maximum atomic E-state index is 11.3. The van der Waals surface area contributed by atoms with Crippen molar-refractivity contribution >= 4 is 5.97 Å². The van der Waals surface area contributed by atoms with Crippen LogP contribution in [0, 0.1) is 0 Å². The molecule has 0 spiro atoms. The molecular weight excluding hydrogens is 234 g/mol. The van der Waals surface area contributed by atoms with Gasteiger partial charge in [0, 0.05) is 11.6 Å². The molecule has 0 amide bonds. The monoisotopic (exact) mass is 253 g/mol. The number of hydrogen-bond acceptors (Lipinski definition) is 5. The van der Waals surface area contributed by atoms with Crippen LogP contribution in [0.5, 0.6) is 11.5 Å². The molecule has 0 fully saturated rings. The van der Waals surface area contributed by atoms with Crippen LogP contribution in [-0.4, -0.2) is 24.3 Å². The highest BCUT2D eigenvalue weighted by Crippen LogP contribution is 2.33. The zero-order chi connectivity index (χ0) is 13.5. The van der Waals surface area contributed by atoms with Gasteiger partial charge in [-0.15, -0.1) is 0 Å². The minimum absolute atomic E-state index is 0.0175. The van der Waals surface area contributed by atoms with Gasteiger partial charge in [-0.25, -0.2) is 0 Å². The van der Waals surface area contributed by atoms with Crippen molar-refractivity contribution in [2.24, 2.45) is 5.73 Å².